The smallest absolute Gasteiger partial charge is 0.345 e. The Hall–Kier alpha value is -4.38. The number of carboxylic acid groups (broad SMARTS) is 1. The summed E-state index contributed by atoms with van der Waals surface area (Å²) in [6.45, 7) is 6.12. The van der Waals surface area contributed by atoms with Gasteiger partial charge in [0.1, 0.15) is 30.5 Å². The molecule has 1 N–H and O–H groups in total. The molecule has 0 amide bonds. The van der Waals surface area contributed by atoms with E-state index in [9.17, 15) is 27.7 Å². The number of nitrogens with zero attached hydrogens (tertiary/aromatic N) is 1. The van der Waals surface area contributed by atoms with Crippen LogP contribution >= 0.6 is 0 Å². The number of benzene rings is 3. The van der Waals surface area contributed by atoms with E-state index >= 15 is 0 Å². The summed E-state index contributed by atoms with van der Waals surface area (Å²) < 4.78 is 75.3. The fraction of sp³-hybridized carbons (Fsp3) is 0.417. The van der Waals surface area contributed by atoms with Gasteiger partial charge in [-0.15, -0.1) is 0 Å². The SMILES string of the molecule is COCCOCCOc1ccc2c(c1)c(C(=O)Oc1c(C)cc(C(=O)O)cc1C)c1cc(OCCOCCOC)ccc1[n+]2CCCS(=O)(=O)[O-]. The first kappa shape index (κ1) is 39.4. The van der Waals surface area contributed by atoms with Gasteiger partial charge in [-0.2, -0.15) is 4.57 Å². The molecule has 0 aliphatic carbocycles. The van der Waals surface area contributed by atoms with Gasteiger partial charge in [0.25, 0.3) is 0 Å². The van der Waals surface area contributed by atoms with E-state index in [1.54, 1.807) is 64.5 Å². The van der Waals surface area contributed by atoms with Crippen LogP contribution in [0.4, 0.5) is 0 Å². The Morgan fingerprint density at radius 3 is 1.69 bits per heavy atom. The van der Waals surface area contributed by atoms with Gasteiger partial charge in [-0.05, 0) is 61.4 Å². The van der Waals surface area contributed by atoms with Gasteiger partial charge in [0.05, 0.1) is 71.7 Å². The van der Waals surface area contributed by atoms with E-state index in [1.807, 2.05) is 4.57 Å². The van der Waals surface area contributed by atoms with Crippen LogP contribution in [-0.4, -0.2) is 103 Å². The second-order valence-corrected chi connectivity index (χ2v) is 13.1. The van der Waals surface area contributed by atoms with E-state index in [2.05, 4.69) is 0 Å². The second kappa shape index (κ2) is 18.7. The van der Waals surface area contributed by atoms with Gasteiger partial charge in [-0.3, -0.25) is 0 Å². The highest BCUT2D eigenvalue weighted by molar-refractivity contribution is 7.85. The monoisotopic (exact) mass is 729 g/mol. The van der Waals surface area contributed by atoms with Crippen molar-refractivity contribution in [3.05, 3.63) is 70.8 Å². The summed E-state index contributed by atoms with van der Waals surface area (Å²) in [6.07, 6.45) is 0.0208. The van der Waals surface area contributed by atoms with Crippen molar-refractivity contribution >= 4 is 43.9 Å². The minimum absolute atomic E-state index is 0.0208. The largest absolute Gasteiger partial charge is 0.748 e. The lowest BCUT2D eigenvalue weighted by Gasteiger charge is -2.16. The van der Waals surface area contributed by atoms with Crippen molar-refractivity contribution in [2.24, 2.45) is 0 Å². The predicted octanol–water partition coefficient (Wildman–Crippen LogP) is 3.83. The molecular formula is C36H43NO13S. The molecule has 0 radical (unpaired) electrons. The maximum absolute atomic E-state index is 14.4. The van der Waals surface area contributed by atoms with Gasteiger partial charge in [0, 0.05) is 38.5 Å². The van der Waals surface area contributed by atoms with Gasteiger partial charge < -0.3 is 42.8 Å². The number of esters is 1. The lowest BCUT2D eigenvalue weighted by molar-refractivity contribution is -0.645. The first-order valence-corrected chi connectivity index (χ1v) is 17.8. The molecule has 276 valence electrons. The number of fused-ring (bicyclic) bond motifs is 2. The molecule has 14 nitrogen and oxygen atoms in total. The van der Waals surface area contributed by atoms with E-state index in [0.29, 0.717) is 84.1 Å². The zero-order valence-corrected chi connectivity index (χ0v) is 29.9. The number of carboxylic acids is 1. The van der Waals surface area contributed by atoms with Crippen molar-refractivity contribution in [2.45, 2.75) is 26.8 Å². The highest BCUT2D eigenvalue weighted by atomic mass is 32.2. The molecule has 0 fully saturated rings. The first-order chi connectivity index (χ1) is 24.4. The van der Waals surface area contributed by atoms with Crippen molar-refractivity contribution in [2.75, 3.05) is 72.8 Å². The molecule has 0 aliphatic heterocycles. The molecule has 51 heavy (non-hydrogen) atoms. The van der Waals surface area contributed by atoms with Crippen molar-refractivity contribution in [3.8, 4) is 17.2 Å². The number of ether oxygens (including phenoxy) is 7. The normalized spacial score (nSPS) is 11.6. The Bertz CT molecular complexity index is 1850. The van der Waals surface area contributed by atoms with Crippen molar-refractivity contribution in [3.63, 3.8) is 0 Å². The van der Waals surface area contributed by atoms with E-state index in [4.69, 9.17) is 33.2 Å². The molecule has 0 atom stereocenters. The van der Waals surface area contributed by atoms with Gasteiger partial charge in [0.2, 0.25) is 11.0 Å². The highest BCUT2D eigenvalue weighted by Gasteiger charge is 2.28. The number of pyridine rings is 1. The molecule has 0 bridgehead atoms. The molecule has 0 saturated heterocycles. The molecule has 1 aromatic heterocycles. The van der Waals surface area contributed by atoms with Crippen LogP contribution in [0.2, 0.25) is 0 Å². The van der Waals surface area contributed by atoms with Crippen LogP contribution < -0.4 is 18.8 Å². The number of aromatic carboxylic acids is 1. The molecule has 0 unspecified atom stereocenters. The first-order valence-electron chi connectivity index (χ1n) is 16.3. The minimum Gasteiger partial charge on any atom is -0.748 e. The Balaban J connectivity index is 1.84. The molecule has 4 rings (SSSR count). The number of methoxy groups -OCH3 is 2. The number of hydrogen-bond donors (Lipinski definition) is 1. The van der Waals surface area contributed by atoms with E-state index < -0.39 is 27.8 Å². The van der Waals surface area contributed by atoms with E-state index in [0.717, 1.165) is 0 Å². The zero-order chi connectivity index (χ0) is 37.0. The zero-order valence-electron chi connectivity index (χ0n) is 29.1. The molecule has 3 aromatic carbocycles. The van der Waals surface area contributed by atoms with Gasteiger partial charge in [-0.1, -0.05) is 0 Å². The summed E-state index contributed by atoms with van der Waals surface area (Å²) >= 11 is 0. The Morgan fingerprint density at radius 2 is 1.24 bits per heavy atom. The third kappa shape index (κ3) is 11.1. The molecule has 0 spiro atoms. The fourth-order valence-electron chi connectivity index (χ4n) is 5.52. The minimum atomic E-state index is -4.48. The Labute approximate surface area is 296 Å². The van der Waals surface area contributed by atoms with Crippen LogP contribution in [0, 0.1) is 13.8 Å². The molecule has 4 aromatic rings. The van der Waals surface area contributed by atoms with Crippen molar-refractivity contribution < 1.29 is 65.4 Å². The summed E-state index contributed by atoms with van der Waals surface area (Å²) in [4.78, 5) is 26.0. The predicted molar refractivity (Wildman–Crippen MR) is 185 cm³/mol. The maximum Gasteiger partial charge on any atom is 0.345 e. The topological polar surface area (TPSA) is 180 Å². The third-order valence-electron chi connectivity index (χ3n) is 7.79. The van der Waals surface area contributed by atoms with Crippen LogP contribution in [0.3, 0.4) is 0 Å². The number of carbonyl (C=O) groups excluding carboxylic acids is 1. The lowest BCUT2D eigenvalue weighted by atomic mass is 10.0. The van der Waals surface area contributed by atoms with Gasteiger partial charge in [0.15, 0.2) is 6.54 Å². The summed E-state index contributed by atoms with van der Waals surface area (Å²) in [6, 6.07) is 13.2. The average molecular weight is 730 g/mol. The summed E-state index contributed by atoms with van der Waals surface area (Å²) in [5.74, 6) is -1.34. The highest BCUT2D eigenvalue weighted by Crippen LogP contribution is 2.33. The number of rotatable bonds is 21. The average Bonchev–Trinajstić information content (AvgIpc) is 3.08. The lowest BCUT2D eigenvalue weighted by Crippen LogP contribution is -2.37. The second-order valence-electron chi connectivity index (χ2n) is 11.5. The standard InChI is InChI=1S/C36H43NO13S/c1-24-20-26(35(38)39)21-25(2)34(24)50-36(40)33-29-22-27(48-17-15-46-13-11-44-3)6-8-31(29)37(10-5-19-51(41,42)43)32-9-7-28(23-30(32)33)49-18-16-47-14-12-45-4/h6-9,20-23H,5,10-19H2,1-4H3,(H-,38,39,41,42,43). The molecule has 1 heterocycles. The maximum atomic E-state index is 14.4. The fourth-order valence-corrected chi connectivity index (χ4v) is 6.00. The van der Waals surface area contributed by atoms with Crippen LogP contribution in [0.15, 0.2) is 48.5 Å². The molecule has 15 heteroatoms. The molecule has 0 aliphatic rings. The quantitative estimate of drug-likeness (QED) is 0.0327. The van der Waals surface area contributed by atoms with E-state index in [1.165, 1.54) is 12.1 Å². The van der Waals surface area contributed by atoms with Crippen LogP contribution in [0.5, 0.6) is 17.2 Å². The molecular weight excluding hydrogens is 686 g/mol. The summed E-state index contributed by atoms with van der Waals surface area (Å²) in [5.41, 5.74) is 2.23. The van der Waals surface area contributed by atoms with Crippen molar-refractivity contribution in [1.82, 2.24) is 0 Å². The van der Waals surface area contributed by atoms with Crippen molar-refractivity contribution in [1.29, 1.82) is 0 Å². The van der Waals surface area contributed by atoms with Gasteiger partial charge >= 0.3 is 11.9 Å². The van der Waals surface area contributed by atoms with Crippen LogP contribution in [0.1, 0.15) is 38.3 Å². The summed E-state index contributed by atoms with van der Waals surface area (Å²) in [7, 11) is -1.32. The number of aryl methyl sites for hydroxylation is 3. The Morgan fingerprint density at radius 1 is 0.745 bits per heavy atom. The number of aromatic nitrogens is 1. The number of carbonyl (C=O) groups is 2. The Kier molecular flexibility index (Phi) is 14.5. The van der Waals surface area contributed by atoms with Crippen LogP contribution in [0.25, 0.3) is 21.8 Å². The molecule has 0 saturated carbocycles. The summed E-state index contributed by atoms with van der Waals surface area (Å²) in [5, 5.41) is 10.4. The third-order valence-corrected chi connectivity index (χ3v) is 8.58. The van der Waals surface area contributed by atoms with E-state index in [-0.39, 0.29) is 43.1 Å². The van der Waals surface area contributed by atoms with Crippen LogP contribution in [-0.2, 0) is 35.6 Å². The van der Waals surface area contributed by atoms with Gasteiger partial charge in [-0.25, -0.2) is 18.0 Å². The number of hydrogen-bond acceptors (Lipinski definition) is 12.